The number of sulfonamides is 1. The minimum absolute atomic E-state index is 0.186. The smallest absolute Gasteiger partial charge is 0.243 e. The van der Waals surface area contributed by atoms with Crippen LogP contribution in [0.1, 0.15) is 26.2 Å². The highest BCUT2D eigenvalue weighted by Gasteiger charge is 2.37. The van der Waals surface area contributed by atoms with Crippen molar-refractivity contribution in [1.82, 2.24) is 4.31 Å². The molecule has 0 spiro atoms. The van der Waals surface area contributed by atoms with Crippen molar-refractivity contribution in [3.8, 4) is 5.75 Å². The Balaban J connectivity index is 2.34. The van der Waals surface area contributed by atoms with Gasteiger partial charge in [-0.15, -0.1) is 0 Å². The van der Waals surface area contributed by atoms with Crippen molar-refractivity contribution in [2.45, 2.75) is 37.1 Å². The molecule has 1 aliphatic carbocycles. The Hall–Kier alpha value is -0.590. The molecule has 4 nitrogen and oxygen atoms in total. The lowest BCUT2D eigenvalue weighted by Gasteiger charge is -2.21. The predicted octanol–water partition coefficient (Wildman–Crippen LogP) is 3.02. The van der Waals surface area contributed by atoms with Crippen LogP contribution in [0.4, 0.5) is 0 Å². The van der Waals surface area contributed by atoms with E-state index in [-0.39, 0.29) is 6.04 Å². The van der Waals surface area contributed by atoms with Crippen molar-refractivity contribution in [3.63, 3.8) is 0 Å². The molecule has 19 heavy (non-hydrogen) atoms. The number of halogens is 1. The maximum atomic E-state index is 12.6. The fraction of sp³-hybridized carbons (Fsp3) is 0.538. The normalized spacial score (nSPS) is 15.8. The minimum atomic E-state index is -3.40. The van der Waals surface area contributed by atoms with E-state index in [9.17, 15) is 8.42 Å². The summed E-state index contributed by atoms with van der Waals surface area (Å²) in [7, 11) is -1.84. The Bertz CT molecular complexity index is 555. The monoisotopic (exact) mass is 347 g/mol. The topological polar surface area (TPSA) is 46.6 Å². The van der Waals surface area contributed by atoms with E-state index in [1.54, 1.807) is 29.6 Å². The zero-order valence-corrected chi connectivity index (χ0v) is 13.5. The number of methoxy groups -OCH3 is 1. The summed E-state index contributed by atoms with van der Waals surface area (Å²) < 4.78 is 32.6. The first-order valence-electron chi connectivity index (χ1n) is 6.36. The van der Waals surface area contributed by atoms with Gasteiger partial charge in [0.05, 0.1) is 16.5 Å². The number of rotatable bonds is 6. The van der Waals surface area contributed by atoms with E-state index in [2.05, 4.69) is 15.9 Å². The van der Waals surface area contributed by atoms with Gasteiger partial charge >= 0.3 is 0 Å². The van der Waals surface area contributed by atoms with Gasteiger partial charge in [-0.05, 0) is 53.4 Å². The van der Waals surface area contributed by atoms with Crippen molar-refractivity contribution < 1.29 is 13.2 Å². The van der Waals surface area contributed by atoms with Gasteiger partial charge in [0, 0.05) is 12.6 Å². The van der Waals surface area contributed by atoms with Crippen LogP contribution in [0.2, 0.25) is 0 Å². The van der Waals surface area contributed by atoms with E-state index in [1.165, 1.54) is 0 Å². The van der Waals surface area contributed by atoms with Crippen LogP contribution >= 0.6 is 15.9 Å². The molecule has 1 saturated carbocycles. The maximum absolute atomic E-state index is 12.6. The lowest BCUT2D eigenvalue weighted by Crippen LogP contribution is -2.33. The fourth-order valence-corrected chi connectivity index (χ4v) is 4.52. The van der Waals surface area contributed by atoms with Crippen LogP contribution in [0, 0.1) is 0 Å². The number of nitrogens with zero attached hydrogens (tertiary/aromatic N) is 1. The Morgan fingerprint density at radius 2 is 2.11 bits per heavy atom. The molecule has 0 atom stereocenters. The molecule has 106 valence electrons. The standard InChI is InChI=1S/C13H18BrNO3S/c1-3-8-15(10-4-5-10)19(16,17)11-6-7-13(18-2)12(14)9-11/h6-7,9-10H,3-5,8H2,1-2H3. The summed E-state index contributed by atoms with van der Waals surface area (Å²) in [6.45, 7) is 2.57. The quantitative estimate of drug-likeness (QED) is 0.794. The zero-order valence-electron chi connectivity index (χ0n) is 11.1. The highest BCUT2D eigenvalue weighted by Crippen LogP contribution is 2.34. The number of hydrogen-bond acceptors (Lipinski definition) is 3. The van der Waals surface area contributed by atoms with Crippen LogP contribution in [-0.2, 0) is 10.0 Å². The summed E-state index contributed by atoms with van der Waals surface area (Å²) in [5.74, 6) is 0.632. The van der Waals surface area contributed by atoms with Gasteiger partial charge in [-0.25, -0.2) is 8.42 Å². The highest BCUT2D eigenvalue weighted by atomic mass is 79.9. The van der Waals surface area contributed by atoms with Crippen LogP contribution < -0.4 is 4.74 Å². The SMILES string of the molecule is CCCN(C1CC1)S(=O)(=O)c1ccc(OC)c(Br)c1. The molecule has 0 amide bonds. The zero-order chi connectivity index (χ0) is 14.0. The van der Waals surface area contributed by atoms with Crippen molar-refractivity contribution in [3.05, 3.63) is 22.7 Å². The van der Waals surface area contributed by atoms with Gasteiger partial charge in [-0.1, -0.05) is 6.92 Å². The second-order valence-electron chi connectivity index (χ2n) is 4.64. The van der Waals surface area contributed by atoms with Crippen molar-refractivity contribution in [1.29, 1.82) is 0 Å². The van der Waals surface area contributed by atoms with E-state index in [1.807, 2.05) is 6.92 Å². The summed E-state index contributed by atoms with van der Waals surface area (Å²) in [5, 5.41) is 0. The Kier molecular flexibility index (Phi) is 4.53. The summed E-state index contributed by atoms with van der Waals surface area (Å²) >= 11 is 3.33. The fourth-order valence-electron chi connectivity index (χ4n) is 2.02. The average molecular weight is 348 g/mol. The minimum Gasteiger partial charge on any atom is -0.496 e. The molecule has 0 aliphatic heterocycles. The van der Waals surface area contributed by atoms with Crippen LogP contribution in [0.3, 0.4) is 0 Å². The molecule has 1 fully saturated rings. The third kappa shape index (κ3) is 3.12. The van der Waals surface area contributed by atoms with E-state index >= 15 is 0 Å². The largest absolute Gasteiger partial charge is 0.496 e. The van der Waals surface area contributed by atoms with Gasteiger partial charge in [0.2, 0.25) is 10.0 Å². The molecule has 1 aromatic carbocycles. The molecule has 1 aliphatic rings. The van der Waals surface area contributed by atoms with E-state index in [0.29, 0.717) is 21.7 Å². The number of benzene rings is 1. The Morgan fingerprint density at radius 1 is 1.42 bits per heavy atom. The maximum Gasteiger partial charge on any atom is 0.243 e. The molecular weight excluding hydrogens is 330 g/mol. The second-order valence-corrected chi connectivity index (χ2v) is 7.39. The van der Waals surface area contributed by atoms with E-state index in [0.717, 1.165) is 19.3 Å². The Labute approximate surface area is 122 Å². The molecule has 0 bridgehead atoms. The molecule has 0 heterocycles. The van der Waals surface area contributed by atoms with E-state index in [4.69, 9.17) is 4.74 Å². The summed E-state index contributed by atoms with van der Waals surface area (Å²) in [6.07, 6.45) is 2.76. The molecular formula is C13H18BrNO3S. The lowest BCUT2D eigenvalue weighted by molar-refractivity contribution is 0.402. The lowest BCUT2D eigenvalue weighted by atomic mass is 10.3. The van der Waals surface area contributed by atoms with Gasteiger partial charge in [-0.2, -0.15) is 4.31 Å². The molecule has 6 heteroatoms. The molecule has 0 unspecified atom stereocenters. The first kappa shape index (κ1) is 14.8. The van der Waals surface area contributed by atoms with Crippen LogP contribution in [0.5, 0.6) is 5.75 Å². The van der Waals surface area contributed by atoms with Gasteiger partial charge < -0.3 is 4.74 Å². The molecule has 2 rings (SSSR count). The number of hydrogen-bond donors (Lipinski definition) is 0. The average Bonchev–Trinajstić information content (AvgIpc) is 3.19. The summed E-state index contributed by atoms with van der Waals surface area (Å²) in [4.78, 5) is 0.320. The summed E-state index contributed by atoms with van der Waals surface area (Å²) in [5.41, 5.74) is 0. The number of ether oxygens (including phenoxy) is 1. The van der Waals surface area contributed by atoms with E-state index < -0.39 is 10.0 Å². The van der Waals surface area contributed by atoms with Crippen molar-refractivity contribution in [2.75, 3.05) is 13.7 Å². The first-order valence-corrected chi connectivity index (χ1v) is 8.59. The summed E-state index contributed by atoms with van der Waals surface area (Å²) in [6, 6.07) is 5.07. The third-order valence-corrected chi connectivity index (χ3v) is 5.70. The van der Waals surface area contributed by atoms with Crippen LogP contribution in [0.15, 0.2) is 27.6 Å². The van der Waals surface area contributed by atoms with Gasteiger partial charge in [0.15, 0.2) is 0 Å². The van der Waals surface area contributed by atoms with Crippen molar-refractivity contribution in [2.24, 2.45) is 0 Å². The molecule has 0 N–H and O–H groups in total. The predicted molar refractivity (Wildman–Crippen MR) is 77.9 cm³/mol. The first-order chi connectivity index (χ1) is 9.00. The molecule has 0 aromatic heterocycles. The van der Waals surface area contributed by atoms with Crippen molar-refractivity contribution >= 4 is 26.0 Å². The molecule has 0 radical (unpaired) electrons. The highest BCUT2D eigenvalue weighted by molar-refractivity contribution is 9.10. The van der Waals surface area contributed by atoms with Crippen LogP contribution in [0.25, 0.3) is 0 Å². The Morgan fingerprint density at radius 3 is 2.58 bits per heavy atom. The van der Waals surface area contributed by atoms with Gasteiger partial charge in [0.25, 0.3) is 0 Å². The van der Waals surface area contributed by atoms with Gasteiger partial charge in [0.1, 0.15) is 5.75 Å². The molecule has 0 saturated heterocycles. The van der Waals surface area contributed by atoms with Crippen LogP contribution in [-0.4, -0.2) is 32.4 Å². The molecule has 1 aromatic rings. The third-order valence-electron chi connectivity index (χ3n) is 3.13. The second kappa shape index (κ2) is 5.81. The van der Waals surface area contributed by atoms with Gasteiger partial charge in [-0.3, -0.25) is 0 Å².